The van der Waals surface area contributed by atoms with Crippen molar-refractivity contribution in [3.63, 3.8) is 0 Å². The Morgan fingerprint density at radius 2 is 1.22 bits per heavy atom. The molecule has 0 aromatic heterocycles. The van der Waals surface area contributed by atoms with E-state index in [1.54, 1.807) is 25.1 Å². The Morgan fingerprint density at radius 1 is 0.659 bits per heavy atom. The molecule has 0 saturated heterocycles. The molecule has 91 heavy (non-hydrogen) atoms. The zero-order valence-electron chi connectivity index (χ0n) is 54.1. The predicted molar refractivity (Wildman–Crippen MR) is 371 cm³/mol. The quantitative estimate of drug-likeness (QED) is 0.0120. The van der Waals surface area contributed by atoms with Gasteiger partial charge in [0, 0.05) is 80.1 Å². The number of ether oxygens (including phenoxy) is 1. The van der Waals surface area contributed by atoms with Crippen LogP contribution in [0.1, 0.15) is 145 Å². The van der Waals surface area contributed by atoms with Gasteiger partial charge in [-0.3, -0.25) is 19.1 Å². The van der Waals surface area contributed by atoms with E-state index in [1.807, 2.05) is 48.5 Å². The van der Waals surface area contributed by atoms with E-state index in [9.17, 15) is 37.9 Å². The third-order valence-corrected chi connectivity index (χ3v) is 19.2. The predicted octanol–water partition coefficient (Wildman–Crippen LogP) is 12.2. The number of hydrogen-bond donors (Lipinski definition) is 5. The molecule has 3 aliphatic rings. The van der Waals surface area contributed by atoms with Gasteiger partial charge in [-0.05, 0) is 162 Å². The molecule has 1 aliphatic carbocycles. The summed E-state index contributed by atoms with van der Waals surface area (Å²) >= 11 is 0. The molecule has 5 N–H and O–H groups in total. The van der Waals surface area contributed by atoms with Crippen LogP contribution in [0.3, 0.4) is 0 Å². The van der Waals surface area contributed by atoms with Crippen molar-refractivity contribution in [3.05, 3.63) is 244 Å². The van der Waals surface area contributed by atoms with Gasteiger partial charge < -0.3 is 34.6 Å². The average Bonchev–Trinajstić information content (AvgIpc) is 1.61. The maximum Gasteiger partial charge on any atom is 0.488 e. The number of nitrogens with zero attached hydrogens (tertiary/aromatic N) is 4. The molecule has 0 amide bonds. The summed E-state index contributed by atoms with van der Waals surface area (Å²) in [6.07, 6.45) is 16.8. The van der Waals surface area contributed by atoms with Crippen LogP contribution in [-0.4, -0.2) is 94.3 Å². The summed E-state index contributed by atoms with van der Waals surface area (Å²) in [5.74, 6) is 1.33. The number of hydrogen-bond acceptors (Lipinski definition) is 12. The van der Waals surface area contributed by atoms with Crippen LogP contribution < -0.4 is 25.5 Å². The molecule has 0 spiro atoms. The number of benzene rings is 6. The van der Waals surface area contributed by atoms with Crippen molar-refractivity contribution in [1.29, 1.82) is 0 Å². The highest BCUT2D eigenvalue weighted by Crippen LogP contribution is 2.49. The van der Waals surface area contributed by atoms with Gasteiger partial charge in [0.1, 0.15) is 11.5 Å². The number of fused-ring (bicyclic) bond motifs is 2. The van der Waals surface area contributed by atoms with Crippen molar-refractivity contribution >= 4 is 52.4 Å². The lowest BCUT2D eigenvalue weighted by Gasteiger charge is -2.33. The summed E-state index contributed by atoms with van der Waals surface area (Å²) in [5, 5.41) is 41.4. The highest BCUT2D eigenvalue weighted by atomic mass is 32.2. The highest BCUT2D eigenvalue weighted by Gasteiger charge is 2.43. The van der Waals surface area contributed by atoms with E-state index >= 15 is 0 Å². The maximum absolute atomic E-state index is 12.4. The zero-order chi connectivity index (χ0) is 64.9. The number of para-hydroxylation sites is 2. The summed E-state index contributed by atoms with van der Waals surface area (Å²) in [6.45, 7) is 21.9. The molecule has 6 aromatic rings. The Hall–Kier alpha value is -7.11. The van der Waals surface area contributed by atoms with Crippen LogP contribution in [0, 0.1) is 0 Å². The molecule has 2 aliphatic heterocycles. The zero-order valence-corrected chi connectivity index (χ0v) is 54.9. The van der Waals surface area contributed by atoms with Crippen LogP contribution in [0.4, 0.5) is 11.4 Å². The number of rotatable bonds is 31. The van der Waals surface area contributed by atoms with Gasteiger partial charge in [0.15, 0.2) is 5.78 Å². The second kappa shape index (κ2) is 31.0. The Bertz CT molecular complexity index is 3730. The number of anilines is 2. The normalized spacial score (nSPS) is 17.0. The molecule has 2 heterocycles. The fourth-order valence-electron chi connectivity index (χ4n) is 13.4. The maximum atomic E-state index is 12.4. The minimum Gasteiger partial charge on any atom is -0.457 e. The van der Waals surface area contributed by atoms with Crippen LogP contribution in [-0.2, 0) is 58.5 Å². The first-order chi connectivity index (χ1) is 43.6. The first-order valence-corrected chi connectivity index (χ1v) is 34.1. The third-order valence-electron chi connectivity index (χ3n) is 18.4. The van der Waals surface area contributed by atoms with Gasteiger partial charge in [0.05, 0.1) is 11.8 Å². The number of carbonyl (C=O) groups is 1. The van der Waals surface area contributed by atoms with Gasteiger partial charge in [-0.25, -0.2) is 0 Å². The highest BCUT2D eigenvalue weighted by molar-refractivity contribution is 7.85. The minimum absolute atomic E-state index is 0.0670. The fraction of sp³-hybridized carbons (Fsp3) is 0.373. The van der Waals surface area contributed by atoms with Crippen molar-refractivity contribution < 1.29 is 42.6 Å². The number of ketones is 1. The summed E-state index contributed by atoms with van der Waals surface area (Å²) in [4.78, 5) is 21.9. The van der Waals surface area contributed by atoms with E-state index in [0.717, 1.165) is 108 Å². The van der Waals surface area contributed by atoms with Crippen LogP contribution in [0.25, 0.3) is 0 Å². The number of allylic oxidation sites excluding steroid dienone is 7. The van der Waals surface area contributed by atoms with Crippen molar-refractivity contribution in [2.75, 3.05) is 35.2 Å². The second-order valence-electron chi connectivity index (χ2n) is 26.1. The van der Waals surface area contributed by atoms with Crippen molar-refractivity contribution in [2.45, 2.75) is 155 Å². The lowest BCUT2D eigenvalue weighted by atomic mass is 9.77. The van der Waals surface area contributed by atoms with Gasteiger partial charge >= 0.3 is 14.2 Å². The topological polar surface area (TPSA) is 175 Å². The molecule has 16 heteroatoms. The van der Waals surface area contributed by atoms with Gasteiger partial charge in [-0.2, -0.15) is 8.42 Å². The second-order valence-corrected chi connectivity index (χ2v) is 27.6. The smallest absolute Gasteiger partial charge is 0.457 e. The third kappa shape index (κ3) is 17.5. The van der Waals surface area contributed by atoms with E-state index in [0.29, 0.717) is 87.3 Å². The molecule has 0 bridgehead atoms. The molecular formula is C75H92B2N4O9S. The lowest BCUT2D eigenvalue weighted by Crippen LogP contribution is -2.40. The molecular weight excluding hydrogens is 1150 g/mol. The first kappa shape index (κ1) is 68.3. The summed E-state index contributed by atoms with van der Waals surface area (Å²) in [6, 6.07) is 49.0. The standard InChI is InChI=1S/C75H92B2N4O9S/c1-8-9-47-80-68-31-16-12-27-64(68)74(4,5)71(80)44-40-59-25-22-26-60(41-45-72-75(6,7)65-28-13-17-32-69(65)81(72)48-20-21-49-91(87,88)89)73(59)90-63-42-38-58(39-43-63)52-79(54-62-24-11-15-30-67(62)77(85)86)51-57-36-34-56(35-37-57)50-78(46-19-18-33-70(82)55(2)3)53-61-23-10-14-29-66(61)76(83)84/h10-17,23-24,27-32,34-45,71,83-86H,2,8-9,18-22,25-26,33,46-54H2,1,3-7H3,(H,87,88,89)/b44-40+,60-41+,72-45+. The molecule has 1 atom stereocenters. The molecule has 0 saturated carbocycles. The van der Waals surface area contributed by atoms with Crippen LogP contribution in [0.5, 0.6) is 5.75 Å². The van der Waals surface area contributed by atoms with E-state index in [4.69, 9.17) is 4.74 Å². The molecule has 478 valence electrons. The molecule has 9 rings (SSSR count). The molecule has 0 fully saturated rings. The first-order valence-electron chi connectivity index (χ1n) is 32.5. The lowest BCUT2D eigenvalue weighted by molar-refractivity contribution is -0.115. The van der Waals surface area contributed by atoms with Crippen molar-refractivity contribution in [3.8, 4) is 5.75 Å². The Morgan fingerprint density at radius 3 is 1.82 bits per heavy atom. The minimum atomic E-state index is -4.08. The summed E-state index contributed by atoms with van der Waals surface area (Å²) < 4.78 is 40.2. The SMILES string of the molecule is C=C(C)C(=O)CCCCN(Cc1ccc(CN(Cc2ccc(OC3=C(/C=C/C4N(CCCC)c5ccccc5C4(C)C)CCC/C3=C\C=C3\N(CCCCS(=O)(=O)O)c4ccccc4C3(C)C)cc2)Cc2ccccc2B(O)O)cc1)Cc1ccccc1B(O)O. The van der Waals surface area contributed by atoms with Gasteiger partial charge in [0.25, 0.3) is 10.1 Å². The Balaban J connectivity index is 1.00. The Labute approximate surface area is 541 Å². The molecule has 13 nitrogen and oxygen atoms in total. The van der Waals surface area contributed by atoms with E-state index < -0.39 is 24.4 Å². The van der Waals surface area contributed by atoms with Gasteiger partial charge in [-0.1, -0.05) is 187 Å². The number of carbonyl (C=O) groups excluding carboxylic acids is 1. The molecule has 6 aromatic carbocycles. The number of Topliss-reactive ketones (excluding diaryl/α,β-unsaturated/α-hetero) is 1. The largest absolute Gasteiger partial charge is 0.488 e. The summed E-state index contributed by atoms with van der Waals surface area (Å²) in [5.41, 5.74) is 14.1. The van der Waals surface area contributed by atoms with E-state index in [1.165, 1.54) is 16.8 Å². The van der Waals surface area contributed by atoms with Crippen molar-refractivity contribution in [2.24, 2.45) is 0 Å². The molecule has 0 radical (unpaired) electrons. The fourth-order valence-corrected chi connectivity index (χ4v) is 14.0. The number of unbranched alkanes of at least 4 members (excludes halogenated alkanes) is 3. The monoisotopic (exact) mass is 1250 g/mol. The van der Waals surface area contributed by atoms with E-state index in [-0.39, 0.29) is 28.4 Å². The average molecular weight is 1250 g/mol. The Kier molecular flexibility index (Phi) is 23.3. The van der Waals surface area contributed by atoms with Crippen molar-refractivity contribution in [1.82, 2.24) is 9.80 Å². The van der Waals surface area contributed by atoms with Gasteiger partial charge in [0.2, 0.25) is 0 Å². The summed E-state index contributed by atoms with van der Waals surface area (Å²) in [7, 11) is -7.31. The molecule has 1 unspecified atom stereocenters. The van der Waals surface area contributed by atoms with Crippen LogP contribution in [0.2, 0.25) is 0 Å². The van der Waals surface area contributed by atoms with Crippen LogP contribution >= 0.6 is 0 Å². The van der Waals surface area contributed by atoms with Gasteiger partial charge in [-0.15, -0.1) is 0 Å². The van der Waals surface area contributed by atoms with Crippen LogP contribution in [0.15, 0.2) is 205 Å². The van der Waals surface area contributed by atoms with E-state index in [2.05, 4.69) is 164 Å².